The molecular weight excluding hydrogens is 306 g/mol. The second kappa shape index (κ2) is 6.70. The summed E-state index contributed by atoms with van der Waals surface area (Å²) in [7, 11) is 3.32. The van der Waals surface area contributed by atoms with Crippen molar-refractivity contribution >= 4 is 27.8 Å². The Kier molecular flexibility index (Phi) is 4.46. The molecule has 0 atom stereocenters. The molecule has 0 aliphatic carbocycles. The lowest BCUT2D eigenvalue weighted by Crippen LogP contribution is -2.30. The van der Waals surface area contributed by atoms with Crippen LogP contribution in [0.25, 0.3) is 21.8 Å². The van der Waals surface area contributed by atoms with Gasteiger partial charge in [0.2, 0.25) is 0 Å². The molecule has 24 heavy (non-hydrogen) atoms. The number of carbonyl (C=O) groups excluding carboxylic acids is 1. The number of nitrogens with one attached hydrogen (secondary N) is 1. The van der Waals surface area contributed by atoms with Crippen molar-refractivity contribution in [3.05, 3.63) is 36.4 Å². The monoisotopic (exact) mass is 327 g/mol. The van der Waals surface area contributed by atoms with Crippen LogP contribution < -0.4 is 20.5 Å². The fourth-order valence-corrected chi connectivity index (χ4v) is 3.00. The first-order valence-corrected chi connectivity index (χ1v) is 7.81. The van der Waals surface area contributed by atoms with E-state index in [1.807, 2.05) is 24.3 Å². The van der Waals surface area contributed by atoms with E-state index >= 15 is 0 Å². The summed E-state index contributed by atoms with van der Waals surface area (Å²) in [6.07, 6.45) is 0.774. The quantitative estimate of drug-likeness (QED) is 0.683. The molecule has 6 heteroatoms. The maximum absolute atomic E-state index is 10.8. The van der Waals surface area contributed by atoms with E-state index in [1.165, 1.54) is 0 Å². The Balaban J connectivity index is 2.07. The van der Waals surface area contributed by atoms with Gasteiger partial charge in [0, 0.05) is 36.0 Å². The van der Waals surface area contributed by atoms with Crippen molar-refractivity contribution < 1.29 is 14.3 Å². The molecule has 0 radical (unpaired) electrons. The van der Waals surface area contributed by atoms with Gasteiger partial charge in [0.05, 0.1) is 25.3 Å². The Bertz CT molecular complexity index is 825. The summed E-state index contributed by atoms with van der Waals surface area (Å²) in [5, 5.41) is 4.95. The Morgan fingerprint density at radius 2 is 1.58 bits per heavy atom. The van der Waals surface area contributed by atoms with Gasteiger partial charge in [0.25, 0.3) is 0 Å². The third kappa shape index (κ3) is 2.95. The van der Waals surface area contributed by atoms with Crippen molar-refractivity contribution in [3.8, 4) is 11.5 Å². The molecule has 3 N–H and O–H groups in total. The molecule has 0 fully saturated rings. The number of urea groups is 1. The molecule has 0 unspecified atom stereocenters. The standard InChI is InChI=1S/C18H21N3O3/c1-23-12-4-6-14-15-7-5-13(24-2)11-17(15)21(16(14)10-12)9-3-8-20-18(19)22/h4-7,10-11H,3,8-9H2,1-2H3,(H3,19,20,22). The van der Waals surface area contributed by atoms with E-state index in [9.17, 15) is 4.79 Å². The fourth-order valence-electron chi connectivity index (χ4n) is 3.00. The molecule has 3 aromatic rings. The molecular formula is C18H21N3O3. The van der Waals surface area contributed by atoms with Crippen molar-refractivity contribution in [1.29, 1.82) is 0 Å². The molecule has 1 aromatic heterocycles. The lowest BCUT2D eigenvalue weighted by molar-refractivity contribution is 0.248. The lowest BCUT2D eigenvalue weighted by Gasteiger charge is -2.09. The van der Waals surface area contributed by atoms with Gasteiger partial charge < -0.3 is 25.1 Å². The van der Waals surface area contributed by atoms with Gasteiger partial charge in [0.1, 0.15) is 11.5 Å². The van der Waals surface area contributed by atoms with Crippen molar-refractivity contribution in [2.24, 2.45) is 5.73 Å². The molecule has 3 rings (SSSR count). The number of nitrogens with zero attached hydrogens (tertiary/aromatic N) is 1. The van der Waals surface area contributed by atoms with Crippen LogP contribution in [0.2, 0.25) is 0 Å². The summed E-state index contributed by atoms with van der Waals surface area (Å²) in [5.74, 6) is 1.63. The number of hydrogen-bond donors (Lipinski definition) is 2. The van der Waals surface area contributed by atoms with Crippen molar-refractivity contribution in [2.75, 3.05) is 20.8 Å². The minimum Gasteiger partial charge on any atom is -0.497 e. The summed E-state index contributed by atoms with van der Waals surface area (Å²) in [6.45, 7) is 1.28. The SMILES string of the molecule is COc1ccc2c3ccc(OC)cc3n(CCCNC(N)=O)c2c1. The Morgan fingerprint density at radius 3 is 2.04 bits per heavy atom. The molecule has 0 bridgehead atoms. The average Bonchev–Trinajstić information content (AvgIpc) is 2.90. The number of methoxy groups -OCH3 is 2. The van der Waals surface area contributed by atoms with Gasteiger partial charge in [-0.15, -0.1) is 0 Å². The van der Waals surface area contributed by atoms with Crippen molar-refractivity contribution in [1.82, 2.24) is 9.88 Å². The topological polar surface area (TPSA) is 78.5 Å². The molecule has 0 aliphatic rings. The van der Waals surface area contributed by atoms with E-state index in [4.69, 9.17) is 15.2 Å². The van der Waals surface area contributed by atoms with Gasteiger partial charge >= 0.3 is 6.03 Å². The number of carbonyl (C=O) groups is 1. The lowest BCUT2D eigenvalue weighted by atomic mass is 10.1. The van der Waals surface area contributed by atoms with Crippen LogP contribution in [-0.2, 0) is 6.54 Å². The first-order valence-electron chi connectivity index (χ1n) is 7.81. The first kappa shape index (κ1) is 16.0. The third-order valence-corrected chi connectivity index (χ3v) is 4.14. The van der Waals surface area contributed by atoms with E-state index in [-0.39, 0.29) is 0 Å². The predicted molar refractivity (Wildman–Crippen MR) is 94.8 cm³/mol. The van der Waals surface area contributed by atoms with Gasteiger partial charge in [-0.05, 0) is 30.7 Å². The van der Waals surface area contributed by atoms with Crippen LogP contribution in [0.4, 0.5) is 4.79 Å². The van der Waals surface area contributed by atoms with E-state index in [2.05, 4.69) is 22.0 Å². The van der Waals surface area contributed by atoms with Gasteiger partial charge in [-0.2, -0.15) is 0 Å². The first-order chi connectivity index (χ1) is 11.6. The number of benzene rings is 2. The van der Waals surface area contributed by atoms with Crippen molar-refractivity contribution in [3.63, 3.8) is 0 Å². The molecule has 2 amide bonds. The van der Waals surface area contributed by atoms with Gasteiger partial charge in [-0.25, -0.2) is 4.79 Å². The maximum atomic E-state index is 10.8. The highest BCUT2D eigenvalue weighted by molar-refractivity contribution is 6.08. The Hall–Kier alpha value is -2.89. The second-order valence-corrected chi connectivity index (χ2v) is 5.56. The van der Waals surface area contributed by atoms with Crippen LogP contribution in [0.1, 0.15) is 6.42 Å². The van der Waals surface area contributed by atoms with Crippen LogP contribution in [-0.4, -0.2) is 31.4 Å². The Morgan fingerprint density at radius 1 is 1.04 bits per heavy atom. The minimum absolute atomic E-state index is 0.499. The molecule has 0 saturated heterocycles. The zero-order valence-corrected chi connectivity index (χ0v) is 13.8. The molecule has 1 heterocycles. The average molecular weight is 327 g/mol. The number of primary amides is 1. The predicted octanol–water partition coefficient (Wildman–Crippen LogP) is 2.87. The molecule has 6 nitrogen and oxygen atoms in total. The van der Waals surface area contributed by atoms with Crippen LogP contribution in [0.5, 0.6) is 11.5 Å². The maximum Gasteiger partial charge on any atom is 0.312 e. The largest absolute Gasteiger partial charge is 0.497 e. The van der Waals surface area contributed by atoms with E-state index in [0.717, 1.165) is 46.3 Å². The summed E-state index contributed by atoms with van der Waals surface area (Å²) < 4.78 is 12.9. The molecule has 2 aromatic carbocycles. The smallest absolute Gasteiger partial charge is 0.312 e. The Labute approximate surface area is 140 Å². The number of rotatable bonds is 6. The number of fused-ring (bicyclic) bond motifs is 3. The summed E-state index contributed by atoms with van der Waals surface area (Å²) >= 11 is 0. The highest BCUT2D eigenvalue weighted by Crippen LogP contribution is 2.33. The number of amides is 2. The molecule has 126 valence electrons. The summed E-state index contributed by atoms with van der Waals surface area (Å²) in [5.41, 5.74) is 7.31. The third-order valence-electron chi connectivity index (χ3n) is 4.14. The van der Waals surface area contributed by atoms with Gasteiger partial charge in [-0.3, -0.25) is 0 Å². The van der Waals surface area contributed by atoms with Gasteiger partial charge in [0.15, 0.2) is 0 Å². The second-order valence-electron chi connectivity index (χ2n) is 5.56. The minimum atomic E-state index is -0.499. The number of aromatic nitrogens is 1. The van der Waals surface area contributed by atoms with Crippen LogP contribution >= 0.6 is 0 Å². The normalized spacial score (nSPS) is 10.9. The van der Waals surface area contributed by atoms with Crippen LogP contribution in [0.3, 0.4) is 0 Å². The highest BCUT2D eigenvalue weighted by atomic mass is 16.5. The number of ether oxygens (including phenoxy) is 2. The zero-order chi connectivity index (χ0) is 17.1. The van der Waals surface area contributed by atoms with E-state index < -0.39 is 6.03 Å². The fraction of sp³-hybridized carbons (Fsp3) is 0.278. The molecule has 0 saturated carbocycles. The number of hydrogen-bond acceptors (Lipinski definition) is 3. The van der Waals surface area contributed by atoms with Gasteiger partial charge in [-0.1, -0.05) is 0 Å². The number of aryl methyl sites for hydroxylation is 1. The zero-order valence-electron chi connectivity index (χ0n) is 13.8. The summed E-state index contributed by atoms with van der Waals surface area (Å²) in [6, 6.07) is 11.6. The van der Waals surface area contributed by atoms with Crippen LogP contribution in [0, 0.1) is 0 Å². The summed E-state index contributed by atoms with van der Waals surface area (Å²) in [4.78, 5) is 10.8. The van der Waals surface area contributed by atoms with E-state index in [0.29, 0.717) is 6.54 Å². The molecule has 0 spiro atoms. The number of nitrogens with two attached hydrogens (primary N) is 1. The van der Waals surface area contributed by atoms with Crippen molar-refractivity contribution in [2.45, 2.75) is 13.0 Å². The molecule has 0 aliphatic heterocycles. The van der Waals surface area contributed by atoms with Crippen LogP contribution in [0.15, 0.2) is 36.4 Å². The highest BCUT2D eigenvalue weighted by Gasteiger charge is 2.12. The van der Waals surface area contributed by atoms with E-state index in [1.54, 1.807) is 14.2 Å².